The van der Waals surface area contributed by atoms with Crippen molar-refractivity contribution >= 4 is 46.5 Å². The Labute approximate surface area is 171 Å². The molecule has 0 saturated heterocycles. The van der Waals surface area contributed by atoms with E-state index in [0.717, 1.165) is 16.7 Å². The third-order valence-electron chi connectivity index (χ3n) is 4.63. The number of rotatable bonds is 3. The molecule has 1 aliphatic heterocycles. The smallest absolute Gasteiger partial charge is 0.323 e. The number of halogens is 2. The lowest BCUT2D eigenvalue weighted by Crippen LogP contribution is -2.31. The van der Waals surface area contributed by atoms with Crippen LogP contribution in [0.5, 0.6) is 0 Å². The quantitative estimate of drug-likeness (QED) is 0.627. The molecule has 5 nitrogen and oxygen atoms in total. The van der Waals surface area contributed by atoms with Crippen LogP contribution >= 0.6 is 23.2 Å². The molecule has 0 radical (unpaired) electrons. The van der Waals surface area contributed by atoms with Crippen molar-refractivity contribution in [3.8, 4) is 11.1 Å². The molecule has 1 heterocycles. The van der Waals surface area contributed by atoms with Gasteiger partial charge in [0.1, 0.15) is 0 Å². The van der Waals surface area contributed by atoms with Crippen LogP contribution in [-0.2, 0) is 6.54 Å². The van der Waals surface area contributed by atoms with Gasteiger partial charge in [0.2, 0.25) is 0 Å². The standard InChI is InChI=1S/C21H15Cl2N3O2/c22-13-3-1-4-14(10-13)26(21(24)28)19-8-7-12(9-18(19)23)15-5-2-6-16-17(15)11-25-20(16)27/h1-10H,11H2,(H2,24,28)(H,25,27). The molecule has 3 N–H and O–H groups in total. The van der Waals surface area contributed by atoms with Crippen molar-refractivity contribution in [2.75, 3.05) is 4.90 Å². The zero-order chi connectivity index (χ0) is 19.8. The highest BCUT2D eigenvalue weighted by Crippen LogP contribution is 2.37. The Balaban J connectivity index is 1.78. The summed E-state index contributed by atoms with van der Waals surface area (Å²) < 4.78 is 0. The number of carbonyl (C=O) groups is 2. The van der Waals surface area contributed by atoms with Crippen LogP contribution in [-0.4, -0.2) is 11.9 Å². The monoisotopic (exact) mass is 411 g/mol. The molecule has 0 unspecified atom stereocenters. The number of nitrogens with zero attached hydrogens (tertiary/aromatic N) is 1. The van der Waals surface area contributed by atoms with Gasteiger partial charge >= 0.3 is 6.03 Å². The first-order valence-electron chi connectivity index (χ1n) is 8.51. The highest BCUT2D eigenvalue weighted by atomic mass is 35.5. The molecule has 1 aliphatic rings. The first-order valence-corrected chi connectivity index (χ1v) is 9.26. The summed E-state index contributed by atoms with van der Waals surface area (Å²) in [6.07, 6.45) is 0. The Kier molecular flexibility index (Phi) is 4.71. The summed E-state index contributed by atoms with van der Waals surface area (Å²) in [5.74, 6) is -0.0829. The van der Waals surface area contributed by atoms with Crippen LogP contribution in [0.2, 0.25) is 10.0 Å². The van der Waals surface area contributed by atoms with E-state index >= 15 is 0 Å². The first kappa shape index (κ1) is 18.3. The molecule has 0 bridgehead atoms. The number of nitrogens with two attached hydrogens (primary N) is 1. The summed E-state index contributed by atoms with van der Waals surface area (Å²) in [5, 5.41) is 3.66. The summed E-state index contributed by atoms with van der Waals surface area (Å²) in [6, 6.07) is 17.0. The van der Waals surface area contributed by atoms with E-state index in [0.29, 0.717) is 33.5 Å². The Morgan fingerprint density at radius 1 is 1.00 bits per heavy atom. The molecular formula is C21H15Cl2N3O2. The normalized spacial score (nSPS) is 12.4. The van der Waals surface area contributed by atoms with Crippen LogP contribution in [0.1, 0.15) is 15.9 Å². The summed E-state index contributed by atoms with van der Waals surface area (Å²) in [4.78, 5) is 25.3. The summed E-state index contributed by atoms with van der Waals surface area (Å²) in [6.45, 7) is 0.472. The van der Waals surface area contributed by atoms with Gasteiger partial charge in [-0.3, -0.25) is 9.69 Å². The number of nitrogens with one attached hydrogen (secondary N) is 1. The highest BCUT2D eigenvalue weighted by molar-refractivity contribution is 6.34. The lowest BCUT2D eigenvalue weighted by atomic mass is 9.96. The van der Waals surface area contributed by atoms with Crippen molar-refractivity contribution in [1.82, 2.24) is 5.32 Å². The van der Waals surface area contributed by atoms with Crippen molar-refractivity contribution in [3.63, 3.8) is 0 Å². The largest absolute Gasteiger partial charge is 0.351 e. The molecule has 0 aliphatic carbocycles. The van der Waals surface area contributed by atoms with Crippen LogP contribution in [0.4, 0.5) is 16.2 Å². The maximum Gasteiger partial charge on any atom is 0.323 e. The highest BCUT2D eigenvalue weighted by Gasteiger charge is 2.23. The summed E-state index contributed by atoms with van der Waals surface area (Å²) >= 11 is 12.6. The molecule has 3 aromatic rings. The van der Waals surface area contributed by atoms with E-state index in [1.807, 2.05) is 18.2 Å². The second-order valence-electron chi connectivity index (χ2n) is 6.33. The zero-order valence-corrected chi connectivity index (χ0v) is 16.1. The average Bonchev–Trinajstić information content (AvgIpc) is 3.04. The predicted octanol–water partition coefficient (Wildman–Crippen LogP) is 5.12. The van der Waals surface area contributed by atoms with E-state index in [-0.39, 0.29) is 5.91 Å². The topological polar surface area (TPSA) is 75.4 Å². The SMILES string of the molecule is NC(=O)N(c1cccc(Cl)c1)c1ccc(-c2cccc3c2CNC3=O)cc1Cl. The zero-order valence-electron chi connectivity index (χ0n) is 14.6. The van der Waals surface area contributed by atoms with Crippen molar-refractivity contribution in [3.05, 3.63) is 81.8 Å². The number of anilines is 2. The second kappa shape index (κ2) is 7.19. The van der Waals surface area contributed by atoms with Crippen LogP contribution in [0.3, 0.4) is 0 Å². The maximum atomic E-state index is 12.1. The molecule has 0 spiro atoms. The number of carbonyl (C=O) groups excluding carboxylic acids is 2. The number of fused-ring (bicyclic) bond motifs is 1. The van der Waals surface area contributed by atoms with Gasteiger partial charge < -0.3 is 11.1 Å². The molecule has 28 heavy (non-hydrogen) atoms. The Hall–Kier alpha value is -3.02. The van der Waals surface area contributed by atoms with Gasteiger partial charge in [0.05, 0.1) is 16.4 Å². The van der Waals surface area contributed by atoms with E-state index in [4.69, 9.17) is 28.9 Å². The molecule has 0 fully saturated rings. The third kappa shape index (κ3) is 3.19. The van der Waals surface area contributed by atoms with Crippen LogP contribution in [0.15, 0.2) is 60.7 Å². The minimum absolute atomic E-state index is 0.0829. The van der Waals surface area contributed by atoms with Crippen LogP contribution < -0.4 is 16.0 Å². The molecule has 140 valence electrons. The number of hydrogen-bond acceptors (Lipinski definition) is 2. The number of amides is 3. The van der Waals surface area contributed by atoms with Crippen molar-refractivity contribution in [2.24, 2.45) is 5.73 Å². The number of benzene rings is 3. The van der Waals surface area contributed by atoms with E-state index in [2.05, 4.69) is 5.32 Å². The third-order valence-corrected chi connectivity index (χ3v) is 5.17. The minimum Gasteiger partial charge on any atom is -0.351 e. The van der Waals surface area contributed by atoms with Gasteiger partial charge in [-0.05, 0) is 53.1 Å². The number of hydrogen-bond donors (Lipinski definition) is 2. The Morgan fingerprint density at radius 3 is 2.46 bits per heavy atom. The summed E-state index contributed by atoms with van der Waals surface area (Å²) in [7, 11) is 0. The van der Waals surface area contributed by atoms with Crippen LogP contribution in [0.25, 0.3) is 11.1 Å². The lowest BCUT2D eigenvalue weighted by molar-refractivity contribution is 0.0965. The van der Waals surface area contributed by atoms with Gasteiger partial charge in [-0.2, -0.15) is 0 Å². The van der Waals surface area contributed by atoms with Crippen molar-refractivity contribution in [1.29, 1.82) is 0 Å². The fourth-order valence-corrected chi connectivity index (χ4v) is 3.83. The molecular weight excluding hydrogens is 397 g/mol. The molecule has 3 amide bonds. The van der Waals surface area contributed by atoms with Crippen molar-refractivity contribution < 1.29 is 9.59 Å². The Morgan fingerprint density at radius 2 is 1.75 bits per heavy atom. The molecule has 3 aromatic carbocycles. The predicted molar refractivity (Wildman–Crippen MR) is 111 cm³/mol. The fraction of sp³-hybridized carbons (Fsp3) is 0.0476. The van der Waals surface area contributed by atoms with Gasteiger partial charge in [-0.1, -0.05) is 47.5 Å². The Bertz CT molecular complexity index is 1110. The van der Waals surface area contributed by atoms with Gasteiger partial charge in [0.25, 0.3) is 5.91 Å². The molecule has 4 rings (SSSR count). The molecule has 0 saturated carbocycles. The molecule has 0 atom stereocenters. The van der Waals surface area contributed by atoms with Crippen LogP contribution in [0, 0.1) is 0 Å². The van der Waals surface area contributed by atoms with Gasteiger partial charge in [-0.15, -0.1) is 0 Å². The van der Waals surface area contributed by atoms with Gasteiger partial charge in [0.15, 0.2) is 0 Å². The number of urea groups is 1. The second-order valence-corrected chi connectivity index (χ2v) is 7.18. The fourth-order valence-electron chi connectivity index (χ4n) is 3.38. The maximum absolute atomic E-state index is 12.1. The number of primary amides is 1. The first-order chi connectivity index (χ1) is 13.5. The van der Waals surface area contributed by atoms with Gasteiger partial charge in [0, 0.05) is 17.1 Å². The van der Waals surface area contributed by atoms with E-state index < -0.39 is 6.03 Å². The van der Waals surface area contributed by atoms with E-state index in [1.54, 1.807) is 42.5 Å². The molecule has 7 heteroatoms. The average molecular weight is 412 g/mol. The van der Waals surface area contributed by atoms with E-state index in [1.165, 1.54) is 4.90 Å². The summed E-state index contributed by atoms with van der Waals surface area (Å²) in [5.41, 5.74) is 9.91. The van der Waals surface area contributed by atoms with E-state index in [9.17, 15) is 9.59 Å². The minimum atomic E-state index is -0.674. The molecule has 0 aromatic heterocycles. The van der Waals surface area contributed by atoms with Gasteiger partial charge in [-0.25, -0.2) is 4.79 Å². The lowest BCUT2D eigenvalue weighted by Gasteiger charge is -2.22. The van der Waals surface area contributed by atoms with Crippen molar-refractivity contribution in [2.45, 2.75) is 6.54 Å².